The molecule has 0 saturated carbocycles. The highest BCUT2D eigenvalue weighted by molar-refractivity contribution is 5.94. The summed E-state index contributed by atoms with van der Waals surface area (Å²) in [6.07, 6.45) is 2.70. The van der Waals surface area contributed by atoms with Gasteiger partial charge in [0.25, 0.3) is 5.91 Å². The van der Waals surface area contributed by atoms with Gasteiger partial charge in [0.15, 0.2) is 0 Å². The first-order chi connectivity index (χ1) is 10.2. The molecule has 1 atom stereocenters. The molecular formula is C16H21N3O2. The molecule has 1 fully saturated rings. The van der Waals surface area contributed by atoms with Crippen molar-refractivity contribution in [3.05, 3.63) is 29.6 Å². The summed E-state index contributed by atoms with van der Waals surface area (Å²) in [6.45, 7) is 5.79. The third-order valence-electron chi connectivity index (χ3n) is 3.69. The van der Waals surface area contributed by atoms with Crippen LogP contribution in [-0.2, 0) is 0 Å². The fraction of sp³-hybridized carbons (Fsp3) is 0.500. The van der Waals surface area contributed by atoms with Gasteiger partial charge >= 0.3 is 0 Å². The van der Waals surface area contributed by atoms with Crippen molar-refractivity contribution in [3.63, 3.8) is 0 Å². The van der Waals surface area contributed by atoms with Crippen molar-refractivity contribution in [1.29, 1.82) is 0 Å². The molecular weight excluding hydrogens is 266 g/mol. The van der Waals surface area contributed by atoms with Crippen LogP contribution in [0.2, 0.25) is 0 Å². The minimum Gasteiger partial charge on any atom is -0.384 e. The van der Waals surface area contributed by atoms with Crippen LogP contribution in [0.4, 0.5) is 0 Å². The topological polar surface area (TPSA) is 65.5 Å². The summed E-state index contributed by atoms with van der Waals surface area (Å²) in [5.41, 5.74) is 0.870. The number of hydrogen-bond donors (Lipinski definition) is 2. The summed E-state index contributed by atoms with van der Waals surface area (Å²) < 4.78 is 0. The maximum absolute atomic E-state index is 12.2. The van der Waals surface area contributed by atoms with Crippen molar-refractivity contribution >= 4 is 5.91 Å². The number of nitrogens with one attached hydrogen (secondary N) is 1. The average Bonchev–Trinajstić information content (AvgIpc) is 2.99. The molecule has 1 amide bonds. The standard InChI is InChI=1S/C16H21N3O2/c1-2-19-9-7-13(12-19)11-18-16(21)15-14(6-4-10-20)5-3-8-17-15/h3,5,8,13,20H,2,7,9-12H2,1H3,(H,18,21). The summed E-state index contributed by atoms with van der Waals surface area (Å²) in [4.78, 5) is 18.7. The molecule has 0 radical (unpaired) electrons. The Morgan fingerprint density at radius 2 is 2.48 bits per heavy atom. The highest BCUT2D eigenvalue weighted by atomic mass is 16.2. The molecule has 1 aromatic heterocycles. The molecule has 5 nitrogen and oxygen atoms in total. The Hall–Kier alpha value is -1.90. The summed E-state index contributed by atoms with van der Waals surface area (Å²) in [7, 11) is 0. The quantitative estimate of drug-likeness (QED) is 0.791. The largest absolute Gasteiger partial charge is 0.384 e. The van der Waals surface area contributed by atoms with Gasteiger partial charge in [-0.2, -0.15) is 0 Å². The Kier molecular flexibility index (Phi) is 5.73. The smallest absolute Gasteiger partial charge is 0.271 e. The van der Waals surface area contributed by atoms with E-state index in [4.69, 9.17) is 5.11 Å². The molecule has 5 heteroatoms. The first-order valence-corrected chi connectivity index (χ1v) is 7.30. The van der Waals surface area contributed by atoms with Crippen molar-refractivity contribution in [1.82, 2.24) is 15.2 Å². The molecule has 0 bridgehead atoms. The number of hydrogen-bond acceptors (Lipinski definition) is 4. The number of likely N-dealkylation sites (tertiary alicyclic amines) is 1. The predicted molar refractivity (Wildman–Crippen MR) is 80.8 cm³/mol. The van der Waals surface area contributed by atoms with E-state index in [1.807, 2.05) is 0 Å². The van der Waals surface area contributed by atoms with Crippen LogP contribution < -0.4 is 5.32 Å². The fourth-order valence-electron chi connectivity index (χ4n) is 2.51. The van der Waals surface area contributed by atoms with Crippen LogP contribution in [0.3, 0.4) is 0 Å². The third kappa shape index (κ3) is 4.28. The Morgan fingerprint density at radius 1 is 1.62 bits per heavy atom. The molecule has 2 rings (SSSR count). The van der Waals surface area contributed by atoms with Gasteiger partial charge in [-0.3, -0.25) is 4.79 Å². The molecule has 0 spiro atoms. The van der Waals surface area contributed by atoms with Crippen LogP contribution in [0, 0.1) is 17.8 Å². The number of aliphatic hydroxyl groups is 1. The fourth-order valence-corrected chi connectivity index (χ4v) is 2.51. The van der Waals surface area contributed by atoms with Crippen molar-refractivity contribution in [2.45, 2.75) is 13.3 Å². The second kappa shape index (κ2) is 7.77. The molecule has 2 N–H and O–H groups in total. The van der Waals surface area contributed by atoms with Gasteiger partial charge < -0.3 is 15.3 Å². The van der Waals surface area contributed by atoms with E-state index in [0.29, 0.717) is 23.7 Å². The zero-order chi connectivity index (χ0) is 15.1. The molecule has 21 heavy (non-hydrogen) atoms. The van der Waals surface area contributed by atoms with Crippen molar-refractivity contribution in [2.24, 2.45) is 5.92 Å². The molecule has 1 aliphatic heterocycles. The monoisotopic (exact) mass is 287 g/mol. The van der Waals surface area contributed by atoms with E-state index in [-0.39, 0.29) is 12.5 Å². The zero-order valence-corrected chi connectivity index (χ0v) is 12.3. The Labute approximate surface area is 125 Å². The lowest BCUT2D eigenvalue weighted by Gasteiger charge is -2.13. The lowest BCUT2D eigenvalue weighted by molar-refractivity contribution is 0.0942. The van der Waals surface area contributed by atoms with Gasteiger partial charge in [-0.1, -0.05) is 18.8 Å². The minimum atomic E-state index is -0.231. The lowest BCUT2D eigenvalue weighted by atomic mass is 10.1. The van der Waals surface area contributed by atoms with E-state index in [0.717, 1.165) is 26.1 Å². The van der Waals surface area contributed by atoms with Gasteiger partial charge in [0, 0.05) is 19.3 Å². The van der Waals surface area contributed by atoms with Crippen LogP contribution in [0.25, 0.3) is 0 Å². The van der Waals surface area contributed by atoms with Crippen molar-refractivity contribution in [3.8, 4) is 11.8 Å². The number of carbonyl (C=O) groups excluding carboxylic acids is 1. The van der Waals surface area contributed by atoms with Crippen LogP contribution in [-0.4, -0.2) is 53.7 Å². The number of nitrogens with zero attached hydrogens (tertiary/aromatic N) is 2. The predicted octanol–water partition coefficient (Wildman–Crippen LogP) is 0.497. The van der Waals surface area contributed by atoms with E-state index >= 15 is 0 Å². The zero-order valence-electron chi connectivity index (χ0n) is 12.3. The number of amides is 1. The molecule has 1 unspecified atom stereocenters. The summed E-state index contributed by atoms with van der Waals surface area (Å²) in [5, 5.41) is 11.7. The van der Waals surface area contributed by atoms with Crippen molar-refractivity contribution in [2.75, 3.05) is 32.8 Å². The van der Waals surface area contributed by atoms with Gasteiger partial charge in [-0.15, -0.1) is 0 Å². The lowest BCUT2D eigenvalue weighted by Crippen LogP contribution is -2.32. The van der Waals surface area contributed by atoms with E-state index < -0.39 is 0 Å². The van der Waals surface area contributed by atoms with Gasteiger partial charge in [0.05, 0.1) is 5.56 Å². The molecule has 2 heterocycles. The first-order valence-electron chi connectivity index (χ1n) is 7.30. The van der Waals surface area contributed by atoms with Crippen LogP contribution >= 0.6 is 0 Å². The minimum absolute atomic E-state index is 0.201. The molecule has 1 saturated heterocycles. The number of rotatable bonds is 4. The van der Waals surface area contributed by atoms with Gasteiger partial charge in [0.1, 0.15) is 12.3 Å². The highest BCUT2D eigenvalue weighted by Gasteiger charge is 2.22. The maximum Gasteiger partial charge on any atom is 0.271 e. The maximum atomic E-state index is 12.2. The Balaban J connectivity index is 1.95. The summed E-state index contributed by atoms with van der Waals surface area (Å²) in [5.74, 6) is 5.61. The second-order valence-corrected chi connectivity index (χ2v) is 5.12. The number of pyridine rings is 1. The van der Waals surface area contributed by atoms with Crippen LogP contribution in [0.5, 0.6) is 0 Å². The van der Waals surface area contributed by atoms with Gasteiger partial charge in [0.2, 0.25) is 0 Å². The molecule has 0 aromatic carbocycles. The van der Waals surface area contributed by atoms with Gasteiger partial charge in [-0.05, 0) is 37.6 Å². The third-order valence-corrected chi connectivity index (χ3v) is 3.69. The van der Waals surface area contributed by atoms with Crippen LogP contribution in [0.1, 0.15) is 29.4 Å². The average molecular weight is 287 g/mol. The summed E-state index contributed by atoms with van der Waals surface area (Å²) >= 11 is 0. The van der Waals surface area contributed by atoms with E-state index in [2.05, 4.69) is 34.0 Å². The Bertz CT molecular complexity index is 548. The first kappa shape index (κ1) is 15.5. The summed E-state index contributed by atoms with van der Waals surface area (Å²) in [6, 6.07) is 3.47. The normalized spacial score (nSPS) is 18.1. The number of carbonyl (C=O) groups is 1. The highest BCUT2D eigenvalue weighted by Crippen LogP contribution is 2.14. The molecule has 112 valence electrons. The number of aromatic nitrogens is 1. The van der Waals surface area contributed by atoms with Crippen LogP contribution in [0.15, 0.2) is 18.3 Å². The van der Waals surface area contributed by atoms with Crippen molar-refractivity contribution < 1.29 is 9.90 Å². The van der Waals surface area contributed by atoms with E-state index in [1.54, 1.807) is 18.3 Å². The number of aliphatic hydroxyl groups excluding tert-OH is 1. The second-order valence-electron chi connectivity index (χ2n) is 5.12. The SMILES string of the molecule is CCN1CCC(CNC(=O)c2ncccc2C#CCO)C1. The Morgan fingerprint density at radius 3 is 3.19 bits per heavy atom. The van der Waals surface area contributed by atoms with E-state index in [9.17, 15) is 4.79 Å². The molecule has 1 aromatic rings. The van der Waals surface area contributed by atoms with E-state index in [1.165, 1.54) is 0 Å². The molecule has 1 aliphatic rings. The van der Waals surface area contributed by atoms with Gasteiger partial charge in [-0.25, -0.2) is 4.98 Å². The molecule has 0 aliphatic carbocycles.